The summed E-state index contributed by atoms with van der Waals surface area (Å²) in [5.41, 5.74) is 4.67. The van der Waals surface area contributed by atoms with E-state index in [2.05, 4.69) is 48.6 Å². The van der Waals surface area contributed by atoms with Crippen molar-refractivity contribution in [2.24, 2.45) is 0 Å². The average Bonchev–Trinajstić information content (AvgIpc) is 3.15. The van der Waals surface area contributed by atoms with Gasteiger partial charge in [0.15, 0.2) is 0 Å². The van der Waals surface area contributed by atoms with E-state index in [1.54, 1.807) is 24.3 Å². The number of aromatic nitrogens is 2. The number of anilines is 1. The Balaban J connectivity index is 1.76. The molecule has 1 aliphatic heterocycles. The normalized spacial score (nSPS) is 14.9. The van der Waals surface area contributed by atoms with E-state index >= 15 is 0 Å². The summed E-state index contributed by atoms with van der Waals surface area (Å²) in [6.07, 6.45) is 5.16. The van der Waals surface area contributed by atoms with Crippen LogP contribution in [0.15, 0.2) is 65.1 Å². The standard InChI is InChI=1S/C26H29N5O2S/c1-18-7-6-14-30(5)24(15-18)22-16-23-19(17-27)8-13-25(31(23)28-22)29-34(32,33)21-11-9-20(10-12-21)26(2,3)4/h7-13,15-16,29H,6,14H2,1-5H3. The van der Waals surface area contributed by atoms with E-state index in [0.29, 0.717) is 16.8 Å². The molecule has 0 saturated heterocycles. The smallest absolute Gasteiger partial charge is 0.263 e. The SMILES string of the molecule is CC1=CCCN(C)C(c2cc3c(C#N)ccc(NS(=O)(=O)c4ccc(C(C)(C)C)cc4)n3n2)=C1. The zero-order chi connectivity index (χ0) is 24.7. The summed E-state index contributed by atoms with van der Waals surface area (Å²) in [5, 5.41) is 14.3. The maximum atomic E-state index is 13.2. The van der Waals surface area contributed by atoms with Gasteiger partial charge in [0.2, 0.25) is 0 Å². The quantitative estimate of drug-likeness (QED) is 0.578. The monoisotopic (exact) mass is 475 g/mol. The van der Waals surface area contributed by atoms with Crippen LogP contribution in [0.3, 0.4) is 0 Å². The molecule has 0 bridgehead atoms. The Morgan fingerprint density at radius 1 is 1.12 bits per heavy atom. The number of pyridine rings is 1. The predicted octanol–water partition coefficient (Wildman–Crippen LogP) is 4.93. The van der Waals surface area contributed by atoms with Crippen LogP contribution in [-0.4, -0.2) is 36.5 Å². The largest absolute Gasteiger partial charge is 0.372 e. The fourth-order valence-electron chi connectivity index (χ4n) is 3.96. The van der Waals surface area contributed by atoms with Gasteiger partial charge in [-0.1, -0.05) is 44.6 Å². The Morgan fingerprint density at radius 2 is 1.82 bits per heavy atom. The summed E-state index contributed by atoms with van der Waals surface area (Å²) >= 11 is 0. The number of nitrogens with zero attached hydrogens (tertiary/aromatic N) is 4. The van der Waals surface area contributed by atoms with Crippen LogP contribution in [0.25, 0.3) is 11.2 Å². The molecule has 0 unspecified atom stereocenters. The molecule has 1 N–H and O–H groups in total. The Kier molecular flexibility index (Phi) is 6.00. The van der Waals surface area contributed by atoms with E-state index in [0.717, 1.165) is 29.8 Å². The molecule has 0 radical (unpaired) electrons. The molecule has 8 heteroatoms. The lowest BCUT2D eigenvalue weighted by molar-refractivity contribution is 0.489. The van der Waals surface area contributed by atoms with E-state index in [9.17, 15) is 13.7 Å². The Bertz CT molecular complexity index is 1450. The molecule has 1 aromatic carbocycles. The van der Waals surface area contributed by atoms with Gasteiger partial charge in [0.05, 0.1) is 21.7 Å². The molecule has 34 heavy (non-hydrogen) atoms. The number of fused-ring (bicyclic) bond motifs is 1. The highest BCUT2D eigenvalue weighted by molar-refractivity contribution is 7.92. The minimum atomic E-state index is -3.86. The molecule has 4 rings (SSSR count). The Labute approximate surface area is 201 Å². The first-order valence-electron chi connectivity index (χ1n) is 11.2. The molecular weight excluding hydrogens is 446 g/mol. The van der Waals surface area contributed by atoms with E-state index in [4.69, 9.17) is 5.10 Å². The number of hydrogen-bond acceptors (Lipinski definition) is 5. The van der Waals surface area contributed by atoms with Crippen molar-refractivity contribution in [2.45, 2.75) is 44.4 Å². The second-order valence-electron chi connectivity index (χ2n) is 9.64. The van der Waals surface area contributed by atoms with Crippen molar-refractivity contribution in [3.05, 3.63) is 77.0 Å². The molecule has 0 amide bonds. The lowest BCUT2D eigenvalue weighted by Crippen LogP contribution is -2.18. The third-order valence-electron chi connectivity index (χ3n) is 5.98. The molecule has 2 aromatic heterocycles. The van der Waals surface area contributed by atoms with Crippen molar-refractivity contribution < 1.29 is 8.42 Å². The van der Waals surface area contributed by atoms with Gasteiger partial charge in [0.25, 0.3) is 10.0 Å². The fraction of sp³-hybridized carbons (Fsp3) is 0.308. The first kappa shape index (κ1) is 23.6. The molecule has 176 valence electrons. The Hall–Kier alpha value is -3.57. The minimum absolute atomic E-state index is 0.0755. The van der Waals surface area contributed by atoms with Gasteiger partial charge in [-0.2, -0.15) is 10.4 Å². The van der Waals surface area contributed by atoms with Crippen molar-refractivity contribution in [3.63, 3.8) is 0 Å². The molecule has 7 nitrogen and oxygen atoms in total. The van der Waals surface area contributed by atoms with Crippen LogP contribution in [0, 0.1) is 11.3 Å². The number of nitrogens with one attached hydrogen (secondary N) is 1. The highest BCUT2D eigenvalue weighted by atomic mass is 32.2. The molecule has 3 heterocycles. The summed E-state index contributed by atoms with van der Waals surface area (Å²) in [7, 11) is -1.86. The predicted molar refractivity (Wildman–Crippen MR) is 135 cm³/mol. The third-order valence-corrected chi connectivity index (χ3v) is 7.35. The van der Waals surface area contributed by atoms with Gasteiger partial charge in [-0.25, -0.2) is 12.9 Å². The van der Waals surface area contributed by atoms with Crippen molar-refractivity contribution in [3.8, 4) is 6.07 Å². The Morgan fingerprint density at radius 3 is 2.47 bits per heavy atom. The molecule has 0 fully saturated rings. The number of benzene rings is 1. The van der Waals surface area contributed by atoms with Crippen molar-refractivity contribution in [2.75, 3.05) is 18.3 Å². The van der Waals surface area contributed by atoms with Gasteiger partial charge in [-0.05, 0) is 60.7 Å². The van der Waals surface area contributed by atoms with Gasteiger partial charge >= 0.3 is 0 Å². The van der Waals surface area contributed by atoms with Crippen molar-refractivity contribution in [1.82, 2.24) is 14.5 Å². The molecular formula is C26H29N5O2S. The number of allylic oxidation sites excluding steroid dienone is 2. The first-order chi connectivity index (χ1) is 16.0. The molecule has 0 spiro atoms. The summed E-state index contributed by atoms with van der Waals surface area (Å²) in [4.78, 5) is 2.28. The van der Waals surface area contributed by atoms with E-state index < -0.39 is 10.0 Å². The first-order valence-corrected chi connectivity index (χ1v) is 12.6. The zero-order valence-corrected chi connectivity index (χ0v) is 20.9. The minimum Gasteiger partial charge on any atom is -0.372 e. The third kappa shape index (κ3) is 4.57. The number of sulfonamides is 1. The van der Waals surface area contributed by atoms with E-state index in [1.807, 2.05) is 32.2 Å². The summed E-state index contributed by atoms with van der Waals surface area (Å²) in [5.74, 6) is 0.268. The topological polar surface area (TPSA) is 90.5 Å². The van der Waals surface area contributed by atoms with E-state index in [-0.39, 0.29) is 16.1 Å². The van der Waals surface area contributed by atoms with Crippen LogP contribution in [0.2, 0.25) is 0 Å². The maximum Gasteiger partial charge on any atom is 0.263 e. The van der Waals surface area contributed by atoms with Crippen LogP contribution in [0.4, 0.5) is 5.82 Å². The summed E-state index contributed by atoms with van der Waals surface area (Å²) in [6, 6.07) is 14.1. The van der Waals surface area contributed by atoms with E-state index in [1.165, 1.54) is 4.52 Å². The maximum absolute atomic E-state index is 13.2. The van der Waals surface area contributed by atoms with Crippen LogP contribution in [-0.2, 0) is 15.4 Å². The number of hydrogen-bond donors (Lipinski definition) is 1. The second-order valence-corrected chi connectivity index (χ2v) is 11.3. The molecule has 1 aliphatic rings. The van der Waals surface area contributed by atoms with Crippen molar-refractivity contribution >= 4 is 27.1 Å². The molecule has 0 saturated carbocycles. The number of rotatable bonds is 4. The van der Waals surface area contributed by atoms with Crippen molar-refractivity contribution in [1.29, 1.82) is 5.26 Å². The second kappa shape index (κ2) is 8.65. The number of nitriles is 1. The fourth-order valence-corrected chi connectivity index (χ4v) is 5.01. The van der Waals surface area contributed by atoms with Gasteiger partial charge in [-0.15, -0.1) is 0 Å². The van der Waals surface area contributed by atoms with Crippen LogP contribution < -0.4 is 4.72 Å². The average molecular weight is 476 g/mol. The molecule has 0 aliphatic carbocycles. The van der Waals surface area contributed by atoms with Gasteiger partial charge in [0, 0.05) is 13.6 Å². The van der Waals surface area contributed by atoms with Crippen LogP contribution in [0.5, 0.6) is 0 Å². The highest BCUT2D eigenvalue weighted by Crippen LogP contribution is 2.28. The molecule has 3 aromatic rings. The highest BCUT2D eigenvalue weighted by Gasteiger charge is 2.21. The van der Waals surface area contributed by atoms with Gasteiger partial charge in [-0.3, -0.25) is 4.72 Å². The van der Waals surface area contributed by atoms with Crippen LogP contribution in [0.1, 0.15) is 50.9 Å². The lowest BCUT2D eigenvalue weighted by atomic mass is 9.87. The zero-order valence-electron chi connectivity index (χ0n) is 20.1. The summed E-state index contributed by atoms with van der Waals surface area (Å²) in [6.45, 7) is 9.12. The molecule has 0 atom stereocenters. The van der Waals surface area contributed by atoms with Gasteiger partial charge < -0.3 is 4.90 Å². The van der Waals surface area contributed by atoms with Gasteiger partial charge in [0.1, 0.15) is 17.6 Å². The summed E-state index contributed by atoms with van der Waals surface area (Å²) < 4.78 is 30.5. The lowest BCUT2D eigenvalue weighted by Gasteiger charge is -2.19. The van der Waals surface area contributed by atoms with Crippen LogP contribution >= 0.6 is 0 Å².